The zero-order chi connectivity index (χ0) is 21.7. The van der Waals surface area contributed by atoms with Crippen molar-refractivity contribution >= 4 is 23.3 Å². The largest absolute Gasteiger partial charge is 0.381 e. The van der Waals surface area contributed by atoms with E-state index in [0.29, 0.717) is 24.8 Å². The number of urea groups is 1. The highest BCUT2D eigenvalue weighted by Gasteiger charge is 2.35. The second-order valence-corrected chi connectivity index (χ2v) is 8.49. The van der Waals surface area contributed by atoms with E-state index < -0.39 is 0 Å². The van der Waals surface area contributed by atoms with Crippen molar-refractivity contribution in [3.8, 4) is 0 Å². The number of hydrogen-bond donors (Lipinski definition) is 2. The molecule has 4 rings (SSSR count). The third-order valence-corrected chi connectivity index (χ3v) is 6.24. The van der Waals surface area contributed by atoms with Crippen molar-refractivity contribution in [2.75, 3.05) is 19.8 Å². The van der Waals surface area contributed by atoms with E-state index in [2.05, 4.69) is 33.8 Å². The molecule has 31 heavy (non-hydrogen) atoms. The molecule has 0 bridgehead atoms. The fourth-order valence-electron chi connectivity index (χ4n) is 4.26. The summed E-state index contributed by atoms with van der Waals surface area (Å²) in [6, 6.07) is 13.2. The number of ether oxygens (including phenoxy) is 1. The smallest absolute Gasteiger partial charge is 0.315 e. The van der Waals surface area contributed by atoms with Crippen LogP contribution < -0.4 is 10.6 Å². The van der Waals surface area contributed by atoms with E-state index in [9.17, 15) is 4.79 Å². The molecule has 164 valence electrons. The third-order valence-electron chi connectivity index (χ3n) is 6.01. The number of halogens is 1. The Morgan fingerprint density at radius 2 is 2.06 bits per heavy atom. The summed E-state index contributed by atoms with van der Waals surface area (Å²) in [5.74, 6) is 0.739. The Hall–Kier alpha value is -2.64. The number of benzene rings is 1. The quantitative estimate of drug-likeness (QED) is 0.573. The molecule has 7 nitrogen and oxygen atoms in total. The first-order chi connectivity index (χ1) is 15.1. The van der Waals surface area contributed by atoms with Crippen molar-refractivity contribution in [2.45, 2.75) is 44.1 Å². The number of carbonyl (C=O) groups excluding carboxylic acids is 1. The molecule has 0 spiro atoms. The molecule has 2 N–H and O–H groups in total. The zero-order valence-electron chi connectivity index (χ0n) is 17.7. The normalized spacial score (nSPS) is 16.7. The van der Waals surface area contributed by atoms with Crippen LogP contribution in [-0.4, -0.2) is 40.4 Å². The first kappa shape index (κ1) is 21.6. The first-order valence-electron chi connectivity index (χ1n) is 10.8. The molecule has 1 atom stereocenters. The fourth-order valence-corrected chi connectivity index (χ4v) is 4.45. The number of carbonyl (C=O) groups is 1. The maximum Gasteiger partial charge on any atom is 0.315 e. The van der Waals surface area contributed by atoms with Crippen molar-refractivity contribution in [1.29, 1.82) is 0 Å². The molecule has 1 unspecified atom stereocenters. The Labute approximate surface area is 187 Å². The van der Waals surface area contributed by atoms with Crippen LogP contribution in [0.3, 0.4) is 0 Å². The monoisotopic (exact) mass is 441 g/mol. The molecule has 2 amide bonds. The molecule has 0 saturated carbocycles. The Morgan fingerprint density at radius 3 is 2.84 bits per heavy atom. The molecule has 1 saturated heterocycles. The highest BCUT2D eigenvalue weighted by Crippen LogP contribution is 2.35. The molecule has 0 radical (unpaired) electrons. The SMILES string of the molecule is CCCC(NC(=O)NCC1(c2cccc(Cl)c2)CCOCC1)c1nnc2ccccn12. The summed E-state index contributed by atoms with van der Waals surface area (Å²) in [6.45, 7) is 3.94. The van der Waals surface area contributed by atoms with Gasteiger partial charge in [0.2, 0.25) is 0 Å². The van der Waals surface area contributed by atoms with Crippen LogP contribution in [0.5, 0.6) is 0 Å². The van der Waals surface area contributed by atoms with Gasteiger partial charge in [0.25, 0.3) is 0 Å². The predicted octanol–water partition coefficient (Wildman–Crippen LogP) is 4.27. The number of pyridine rings is 1. The van der Waals surface area contributed by atoms with E-state index in [1.54, 1.807) is 0 Å². The lowest BCUT2D eigenvalue weighted by Crippen LogP contribution is -2.48. The number of rotatable bonds is 7. The summed E-state index contributed by atoms with van der Waals surface area (Å²) >= 11 is 6.25. The molecule has 1 fully saturated rings. The molecule has 1 aliphatic heterocycles. The average molecular weight is 442 g/mol. The number of hydrogen-bond acceptors (Lipinski definition) is 4. The molecule has 3 aromatic rings. The van der Waals surface area contributed by atoms with Crippen LogP contribution in [0.4, 0.5) is 4.79 Å². The van der Waals surface area contributed by atoms with Gasteiger partial charge in [-0.25, -0.2) is 4.79 Å². The topological polar surface area (TPSA) is 80.5 Å². The lowest BCUT2D eigenvalue weighted by Gasteiger charge is -2.38. The van der Waals surface area contributed by atoms with E-state index in [0.717, 1.165) is 42.7 Å². The summed E-state index contributed by atoms with van der Waals surface area (Å²) in [6.07, 6.45) is 5.28. The highest BCUT2D eigenvalue weighted by atomic mass is 35.5. The van der Waals surface area contributed by atoms with Crippen molar-refractivity contribution in [2.24, 2.45) is 0 Å². The van der Waals surface area contributed by atoms with Crippen molar-refractivity contribution in [3.63, 3.8) is 0 Å². The average Bonchev–Trinajstić information content (AvgIpc) is 3.22. The van der Waals surface area contributed by atoms with Crippen LogP contribution in [0.2, 0.25) is 5.02 Å². The Balaban J connectivity index is 1.48. The first-order valence-corrected chi connectivity index (χ1v) is 11.2. The van der Waals surface area contributed by atoms with E-state index in [4.69, 9.17) is 16.3 Å². The van der Waals surface area contributed by atoms with Crippen molar-refractivity contribution in [1.82, 2.24) is 25.2 Å². The highest BCUT2D eigenvalue weighted by molar-refractivity contribution is 6.30. The van der Waals surface area contributed by atoms with Crippen molar-refractivity contribution in [3.05, 3.63) is 65.1 Å². The van der Waals surface area contributed by atoms with Crippen LogP contribution in [0, 0.1) is 0 Å². The van der Waals surface area contributed by atoms with E-state index in [1.807, 2.05) is 47.0 Å². The number of amides is 2. The minimum atomic E-state index is -0.223. The number of aromatic nitrogens is 3. The van der Waals surface area contributed by atoms with Gasteiger partial charge < -0.3 is 15.4 Å². The lowest BCUT2D eigenvalue weighted by molar-refractivity contribution is 0.0506. The summed E-state index contributed by atoms with van der Waals surface area (Å²) in [4.78, 5) is 12.9. The standard InChI is InChI=1S/C23H28ClN5O2/c1-2-6-19(21-28-27-20-9-3-4-12-29(20)21)26-22(30)25-16-23(10-13-31-14-11-23)17-7-5-8-18(24)15-17/h3-5,7-9,12,15,19H,2,6,10-11,13-14,16H2,1H3,(H2,25,26,30). The van der Waals surface area contributed by atoms with E-state index in [-0.39, 0.29) is 17.5 Å². The summed E-state index contributed by atoms with van der Waals surface area (Å²) in [5, 5.41) is 15.5. The number of nitrogens with zero attached hydrogens (tertiary/aromatic N) is 3. The molecule has 0 aliphatic carbocycles. The van der Waals surface area contributed by atoms with Crippen molar-refractivity contribution < 1.29 is 9.53 Å². The second-order valence-electron chi connectivity index (χ2n) is 8.06. The summed E-state index contributed by atoms with van der Waals surface area (Å²) < 4.78 is 7.51. The minimum Gasteiger partial charge on any atom is -0.381 e. The summed E-state index contributed by atoms with van der Waals surface area (Å²) in [5.41, 5.74) is 1.71. The van der Waals surface area contributed by atoms with Gasteiger partial charge in [-0.15, -0.1) is 10.2 Å². The lowest BCUT2D eigenvalue weighted by atomic mass is 9.74. The van der Waals surface area contributed by atoms with E-state index in [1.165, 1.54) is 0 Å². The maximum atomic E-state index is 12.9. The van der Waals surface area contributed by atoms with Gasteiger partial charge in [0.15, 0.2) is 11.5 Å². The van der Waals surface area contributed by atoms with E-state index >= 15 is 0 Å². The van der Waals surface area contributed by atoms with Gasteiger partial charge in [-0.1, -0.05) is 43.1 Å². The van der Waals surface area contributed by atoms with Crippen LogP contribution >= 0.6 is 11.6 Å². The molecular formula is C23H28ClN5O2. The number of nitrogens with one attached hydrogen (secondary N) is 2. The molecular weight excluding hydrogens is 414 g/mol. The Morgan fingerprint density at radius 1 is 1.23 bits per heavy atom. The minimum absolute atomic E-state index is 0.192. The van der Waals surface area contributed by atoms with Gasteiger partial charge in [-0.2, -0.15) is 0 Å². The van der Waals surface area contributed by atoms with Gasteiger partial charge in [0, 0.05) is 36.4 Å². The van der Waals surface area contributed by atoms with Crippen LogP contribution in [0.25, 0.3) is 5.65 Å². The van der Waals surface area contributed by atoms with Crippen LogP contribution in [0.15, 0.2) is 48.7 Å². The van der Waals surface area contributed by atoms with Gasteiger partial charge in [-0.3, -0.25) is 4.40 Å². The second kappa shape index (κ2) is 9.66. The van der Waals surface area contributed by atoms with Gasteiger partial charge in [0.05, 0.1) is 6.04 Å². The molecule has 3 heterocycles. The number of fused-ring (bicyclic) bond motifs is 1. The Kier molecular flexibility index (Phi) is 6.73. The maximum absolute atomic E-state index is 12.9. The third kappa shape index (κ3) is 4.83. The molecule has 1 aromatic carbocycles. The van der Waals surface area contributed by atoms with Gasteiger partial charge in [-0.05, 0) is 49.1 Å². The molecule has 8 heteroatoms. The Bertz CT molecular complexity index is 1030. The van der Waals surface area contributed by atoms with Gasteiger partial charge >= 0.3 is 6.03 Å². The van der Waals surface area contributed by atoms with Gasteiger partial charge in [0.1, 0.15) is 0 Å². The summed E-state index contributed by atoms with van der Waals surface area (Å²) in [7, 11) is 0. The zero-order valence-corrected chi connectivity index (χ0v) is 18.4. The fraction of sp³-hybridized carbons (Fsp3) is 0.435. The molecule has 1 aliphatic rings. The van der Waals surface area contributed by atoms with Crippen LogP contribution in [-0.2, 0) is 10.2 Å². The predicted molar refractivity (Wildman–Crippen MR) is 120 cm³/mol. The molecule has 2 aromatic heterocycles. The van der Waals surface area contributed by atoms with Crippen LogP contribution in [0.1, 0.15) is 50.0 Å².